The molecule has 0 saturated carbocycles. The lowest BCUT2D eigenvalue weighted by molar-refractivity contribution is 0.0567. The van der Waals surface area contributed by atoms with Crippen molar-refractivity contribution < 1.29 is 18.7 Å². The van der Waals surface area contributed by atoms with Crippen molar-refractivity contribution in [3.05, 3.63) is 59.4 Å². The van der Waals surface area contributed by atoms with Gasteiger partial charge in [-0.1, -0.05) is 18.2 Å². The number of ether oxygens (including phenoxy) is 2. The van der Waals surface area contributed by atoms with Crippen LogP contribution in [0.15, 0.2) is 42.5 Å². The Labute approximate surface area is 158 Å². The molecule has 2 aliphatic heterocycles. The highest BCUT2D eigenvalue weighted by Gasteiger charge is 2.44. The summed E-state index contributed by atoms with van der Waals surface area (Å²) in [5.41, 5.74) is 1.72. The summed E-state index contributed by atoms with van der Waals surface area (Å²) in [7, 11) is 3.13. The van der Waals surface area contributed by atoms with Gasteiger partial charge in [0.2, 0.25) is 0 Å². The van der Waals surface area contributed by atoms with E-state index in [-0.39, 0.29) is 23.8 Å². The van der Waals surface area contributed by atoms with E-state index in [1.807, 2.05) is 23.1 Å². The van der Waals surface area contributed by atoms with Crippen molar-refractivity contribution in [1.29, 1.82) is 0 Å². The minimum absolute atomic E-state index is 0.0100. The van der Waals surface area contributed by atoms with Crippen LogP contribution in [0.4, 0.5) is 4.39 Å². The summed E-state index contributed by atoms with van der Waals surface area (Å²) in [5.74, 6) is 1.23. The van der Waals surface area contributed by atoms with Gasteiger partial charge in [0.1, 0.15) is 5.82 Å². The highest BCUT2D eigenvalue weighted by atomic mass is 19.1. The van der Waals surface area contributed by atoms with E-state index in [0.29, 0.717) is 23.0 Å². The monoisotopic (exact) mass is 369 g/mol. The number of methoxy groups -OCH3 is 2. The van der Waals surface area contributed by atoms with Gasteiger partial charge in [0, 0.05) is 12.1 Å². The van der Waals surface area contributed by atoms with Crippen molar-refractivity contribution in [3.63, 3.8) is 0 Å². The summed E-state index contributed by atoms with van der Waals surface area (Å²) >= 11 is 0. The number of carbonyl (C=O) groups is 1. The second-order valence-corrected chi connectivity index (χ2v) is 7.36. The predicted molar refractivity (Wildman–Crippen MR) is 101 cm³/mol. The molecule has 142 valence electrons. The normalized spacial score (nSPS) is 24.0. The van der Waals surface area contributed by atoms with E-state index in [9.17, 15) is 9.18 Å². The third-order valence-corrected chi connectivity index (χ3v) is 5.94. The molecule has 2 saturated heterocycles. The molecular formula is C22H24FNO3. The maximum Gasteiger partial charge on any atom is 0.258 e. The average Bonchev–Trinajstić information content (AvgIpc) is 2.96. The van der Waals surface area contributed by atoms with Crippen LogP contribution in [-0.2, 0) is 0 Å². The van der Waals surface area contributed by atoms with Crippen molar-refractivity contribution in [2.45, 2.75) is 43.7 Å². The maximum atomic E-state index is 13.3. The van der Waals surface area contributed by atoms with Crippen LogP contribution in [-0.4, -0.2) is 37.1 Å². The molecule has 2 aromatic rings. The first-order chi connectivity index (χ1) is 13.1. The number of rotatable bonds is 4. The van der Waals surface area contributed by atoms with Gasteiger partial charge in [0.25, 0.3) is 5.91 Å². The molecule has 0 aliphatic carbocycles. The van der Waals surface area contributed by atoms with Gasteiger partial charge < -0.3 is 14.4 Å². The first kappa shape index (κ1) is 17.8. The molecule has 27 heavy (non-hydrogen) atoms. The van der Waals surface area contributed by atoms with E-state index < -0.39 is 0 Å². The Bertz CT molecular complexity index is 822. The summed E-state index contributed by atoms with van der Waals surface area (Å²) in [5, 5.41) is 0. The van der Waals surface area contributed by atoms with Gasteiger partial charge in [-0.3, -0.25) is 4.79 Å². The minimum atomic E-state index is -0.209. The van der Waals surface area contributed by atoms with Gasteiger partial charge >= 0.3 is 0 Å². The number of fused-ring (bicyclic) bond motifs is 2. The predicted octanol–water partition coefficient (Wildman–Crippen LogP) is 4.39. The molecule has 5 heteroatoms. The largest absolute Gasteiger partial charge is 0.493 e. The number of amides is 1. The second kappa shape index (κ2) is 7.22. The third-order valence-electron chi connectivity index (χ3n) is 5.94. The number of para-hydroxylation sites is 1. The number of piperidine rings is 1. The fraction of sp³-hybridized carbons (Fsp3) is 0.409. The van der Waals surface area contributed by atoms with Gasteiger partial charge in [-0.05, 0) is 61.4 Å². The standard InChI is InChI=1S/C22H24FNO3/c1-26-20-5-3-4-19(21(20)27-2)22(25)24-17-10-11-18(24)13-15(12-17)14-6-8-16(23)9-7-14/h3-9,15,17-18H,10-13H2,1-2H3/t15?,17-,18+. The van der Waals surface area contributed by atoms with E-state index in [1.165, 1.54) is 17.7 Å². The molecular weight excluding hydrogens is 345 g/mol. The van der Waals surface area contributed by atoms with Crippen LogP contribution in [0.25, 0.3) is 0 Å². The van der Waals surface area contributed by atoms with Crippen molar-refractivity contribution in [2.24, 2.45) is 0 Å². The number of hydrogen-bond donors (Lipinski definition) is 0. The fourth-order valence-electron chi connectivity index (χ4n) is 4.71. The number of benzene rings is 2. The van der Waals surface area contributed by atoms with Gasteiger partial charge in [-0.25, -0.2) is 4.39 Å². The zero-order chi connectivity index (χ0) is 19.0. The lowest BCUT2D eigenvalue weighted by Gasteiger charge is -2.39. The van der Waals surface area contributed by atoms with Crippen LogP contribution in [0.2, 0.25) is 0 Å². The fourth-order valence-corrected chi connectivity index (χ4v) is 4.71. The highest BCUT2D eigenvalue weighted by molar-refractivity contribution is 5.98. The summed E-state index contributed by atoms with van der Waals surface area (Å²) in [6, 6.07) is 12.6. The number of halogens is 1. The van der Waals surface area contributed by atoms with Crippen LogP contribution in [0, 0.1) is 5.82 Å². The molecule has 2 bridgehead atoms. The van der Waals surface area contributed by atoms with Crippen molar-refractivity contribution in [3.8, 4) is 11.5 Å². The maximum absolute atomic E-state index is 13.3. The number of hydrogen-bond acceptors (Lipinski definition) is 3. The molecule has 4 nitrogen and oxygen atoms in total. The Morgan fingerprint density at radius 1 is 1.00 bits per heavy atom. The van der Waals surface area contributed by atoms with Crippen molar-refractivity contribution in [1.82, 2.24) is 4.90 Å². The van der Waals surface area contributed by atoms with E-state index in [2.05, 4.69) is 0 Å². The number of carbonyl (C=O) groups excluding carboxylic acids is 1. The molecule has 0 N–H and O–H groups in total. The minimum Gasteiger partial charge on any atom is -0.493 e. The lowest BCUT2D eigenvalue weighted by atomic mass is 9.84. The lowest BCUT2D eigenvalue weighted by Crippen LogP contribution is -2.46. The molecule has 4 rings (SSSR count). The van der Waals surface area contributed by atoms with Crippen LogP contribution in [0.3, 0.4) is 0 Å². The molecule has 0 aromatic heterocycles. The van der Waals surface area contributed by atoms with E-state index in [1.54, 1.807) is 26.4 Å². The first-order valence-corrected chi connectivity index (χ1v) is 9.41. The second-order valence-electron chi connectivity index (χ2n) is 7.36. The summed E-state index contributed by atoms with van der Waals surface area (Å²) in [4.78, 5) is 15.4. The van der Waals surface area contributed by atoms with E-state index >= 15 is 0 Å². The smallest absolute Gasteiger partial charge is 0.258 e. The van der Waals surface area contributed by atoms with Gasteiger partial charge in [-0.15, -0.1) is 0 Å². The van der Waals surface area contributed by atoms with Crippen LogP contribution >= 0.6 is 0 Å². The van der Waals surface area contributed by atoms with Crippen LogP contribution in [0.1, 0.15) is 47.5 Å². The Morgan fingerprint density at radius 3 is 2.26 bits per heavy atom. The molecule has 0 radical (unpaired) electrons. The molecule has 2 aromatic carbocycles. The Balaban J connectivity index is 1.58. The van der Waals surface area contributed by atoms with E-state index in [0.717, 1.165) is 25.7 Å². The Hall–Kier alpha value is -2.56. The van der Waals surface area contributed by atoms with Crippen LogP contribution in [0.5, 0.6) is 11.5 Å². The highest BCUT2D eigenvalue weighted by Crippen LogP contribution is 2.44. The molecule has 1 amide bonds. The topological polar surface area (TPSA) is 38.8 Å². The molecule has 0 spiro atoms. The van der Waals surface area contributed by atoms with Crippen molar-refractivity contribution >= 4 is 5.91 Å². The third kappa shape index (κ3) is 3.15. The molecule has 2 aliphatic rings. The van der Waals surface area contributed by atoms with Gasteiger partial charge in [-0.2, -0.15) is 0 Å². The summed E-state index contributed by atoms with van der Waals surface area (Å²) in [6.07, 6.45) is 3.86. The summed E-state index contributed by atoms with van der Waals surface area (Å²) in [6.45, 7) is 0. The molecule has 2 fully saturated rings. The van der Waals surface area contributed by atoms with E-state index in [4.69, 9.17) is 9.47 Å². The zero-order valence-electron chi connectivity index (χ0n) is 15.7. The quantitative estimate of drug-likeness (QED) is 0.802. The Kier molecular flexibility index (Phi) is 4.77. The SMILES string of the molecule is COc1cccc(C(=O)N2[C@@H]3CC[C@H]2CC(c2ccc(F)cc2)C3)c1OC. The molecule has 2 heterocycles. The van der Waals surface area contributed by atoms with Crippen molar-refractivity contribution in [2.75, 3.05) is 14.2 Å². The molecule has 1 unspecified atom stereocenters. The zero-order valence-corrected chi connectivity index (χ0v) is 15.7. The van der Waals surface area contributed by atoms with Crippen LogP contribution < -0.4 is 9.47 Å². The Morgan fingerprint density at radius 2 is 1.67 bits per heavy atom. The van der Waals surface area contributed by atoms with Gasteiger partial charge in [0.15, 0.2) is 11.5 Å². The number of nitrogens with zero attached hydrogens (tertiary/aromatic N) is 1. The first-order valence-electron chi connectivity index (χ1n) is 9.41. The van der Waals surface area contributed by atoms with Gasteiger partial charge in [0.05, 0.1) is 19.8 Å². The molecule has 3 atom stereocenters. The average molecular weight is 369 g/mol. The summed E-state index contributed by atoms with van der Waals surface area (Å²) < 4.78 is 24.0.